The molecule has 1 atom stereocenters. The lowest BCUT2D eigenvalue weighted by Gasteiger charge is -2.20. The number of rotatable bonds is 3. The summed E-state index contributed by atoms with van der Waals surface area (Å²) < 4.78 is 0. The standard InChI is InChI=1S/C23H19NO/c1-24-22(19-14-8-9-15-20(19)23(24)25)16-21(17-10-4-2-5-11-17)18-12-6-3-7-13-18/h2-16,22H,1H3/t22-/m1/s1. The molecule has 3 aromatic carbocycles. The van der Waals surface area contributed by atoms with Crippen LogP contribution in [0.25, 0.3) is 5.57 Å². The second-order valence-electron chi connectivity index (χ2n) is 6.26. The van der Waals surface area contributed by atoms with Gasteiger partial charge in [-0.15, -0.1) is 0 Å². The summed E-state index contributed by atoms with van der Waals surface area (Å²) in [6.45, 7) is 0. The zero-order valence-electron chi connectivity index (χ0n) is 14.1. The molecule has 0 bridgehead atoms. The molecule has 0 fully saturated rings. The van der Waals surface area contributed by atoms with Gasteiger partial charge in [-0.05, 0) is 34.4 Å². The van der Waals surface area contributed by atoms with Crippen molar-refractivity contribution in [2.24, 2.45) is 0 Å². The smallest absolute Gasteiger partial charge is 0.254 e. The Kier molecular flexibility index (Phi) is 3.95. The van der Waals surface area contributed by atoms with E-state index in [0.717, 1.165) is 27.8 Å². The van der Waals surface area contributed by atoms with E-state index in [9.17, 15) is 4.79 Å². The van der Waals surface area contributed by atoms with Gasteiger partial charge in [0.25, 0.3) is 5.91 Å². The Morgan fingerprint density at radius 1 is 0.800 bits per heavy atom. The van der Waals surface area contributed by atoms with Crippen LogP contribution in [0.15, 0.2) is 91.0 Å². The lowest BCUT2D eigenvalue weighted by atomic mass is 9.94. The second-order valence-corrected chi connectivity index (χ2v) is 6.26. The third-order valence-corrected chi connectivity index (χ3v) is 4.74. The molecule has 0 aromatic heterocycles. The fraction of sp³-hybridized carbons (Fsp3) is 0.0870. The number of amides is 1. The summed E-state index contributed by atoms with van der Waals surface area (Å²) in [5.74, 6) is 0.0809. The highest BCUT2D eigenvalue weighted by Gasteiger charge is 2.32. The average Bonchev–Trinajstić information content (AvgIpc) is 2.92. The molecule has 4 rings (SSSR count). The zero-order valence-corrected chi connectivity index (χ0v) is 14.1. The Morgan fingerprint density at radius 3 is 1.92 bits per heavy atom. The molecule has 1 aliphatic rings. The van der Waals surface area contributed by atoms with E-state index in [1.807, 2.05) is 72.6 Å². The van der Waals surface area contributed by atoms with Gasteiger partial charge in [0.05, 0.1) is 6.04 Å². The number of benzene rings is 3. The zero-order chi connectivity index (χ0) is 17.2. The third kappa shape index (κ3) is 2.76. The van der Waals surface area contributed by atoms with E-state index < -0.39 is 0 Å². The monoisotopic (exact) mass is 325 g/mol. The molecule has 0 saturated heterocycles. The lowest BCUT2D eigenvalue weighted by molar-refractivity contribution is 0.0797. The molecule has 0 saturated carbocycles. The Morgan fingerprint density at radius 2 is 1.32 bits per heavy atom. The van der Waals surface area contributed by atoms with Gasteiger partial charge in [-0.2, -0.15) is 0 Å². The van der Waals surface area contributed by atoms with Crippen LogP contribution in [0.2, 0.25) is 0 Å². The number of fused-ring (bicyclic) bond motifs is 1. The number of carbonyl (C=O) groups excluding carboxylic acids is 1. The summed E-state index contributed by atoms with van der Waals surface area (Å²) in [6.07, 6.45) is 2.20. The molecule has 1 heterocycles. The summed E-state index contributed by atoms with van der Waals surface area (Å²) in [5.41, 5.74) is 5.31. The Labute approximate surface area is 148 Å². The molecule has 0 aliphatic carbocycles. The molecule has 3 aromatic rings. The fourth-order valence-electron chi connectivity index (χ4n) is 3.43. The summed E-state index contributed by atoms with van der Waals surface area (Å²) in [7, 11) is 1.87. The van der Waals surface area contributed by atoms with Gasteiger partial charge in [-0.1, -0.05) is 78.9 Å². The molecule has 0 N–H and O–H groups in total. The first kappa shape index (κ1) is 15.4. The third-order valence-electron chi connectivity index (χ3n) is 4.74. The van der Waals surface area contributed by atoms with Gasteiger partial charge < -0.3 is 4.90 Å². The molecular formula is C23H19NO. The minimum absolute atomic E-state index is 0.0564. The van der Waals surface area contributed by atoms with E-state index in [1.165, 1.54) is 0 Å². The number of nitrogens with zero attached hydrogens (tertiary/aromatic N) is 1. The molecule has 122 valence electrons. The van der Waals surface area contributed by atoms with Crippen molar-refractivity contribution in [3.63, 3.8) is 0 Å². The van der Waals surface area contributed by atoms with Crippen LogP contribution in [-0.2, 0) is 0 Å². The van der Waals surface area contributed by atoms with E-state index in [2.05, 4.69) is 30.3 Å². The summed E-state index contributed by atoms with van der Waals surface area (Å²) in [4.78, 5) is 14.4. The molecule has 25 heavy (non-hydrogen) atoms. The minimum atomic E-state index is -0.0564. The lowest BCUT2D eigenvalue weighted by Crippen LogP contribution is -2.22. The Bertz CT molecular complexity index is 887. The quantitative estimate of drug-likeness (QED) is 0.667. The highest BCUT2D eigenvalue weighted by molar-refractivity contribution is 5.99. The van der Waals surface area contributed by atoms with Gasteiger partial charge in [-0.3, -0.25) is 4.79 Å². The highest BCUT2D eigenvalue weighted by atomic mass is 16.2. The number of carbonyl (C=O) groups is 1. The molecule has 0 spiro atoms. The molecule has 1 aliphatic heterocycles. The van der Waals surface area contributed by atoms with Gasteiger partial charge in [0, 0.05) is 12.6 Å². The molecule has 2 nitrogen and oxygen atoms in total. The van der Waals surface area contributed by atoms with Crippen molar-refractivity contribution >= 4 is 11.5 Å². The van der Waals surface area contributed by atoms with Crippen LogP contribution in [-0.4, -0.2) is 17.9 Å². The van der Waals surface area contributed by atoms with Crippen molar-refractivity contribution in [3.8, 4) is 0 Å². The van der Waals surface area contributed by atoms with Gasteiger partial charge >= 0.3 is 0 Å². The van der Waals surface area contributed by atoms with Crippen LogP contribution in [0, 0.1) is 0 Å². The van der Waals surface area contributed by atoms with Crippen LogP contribution in [0.5, 0.6) is 0 Å². The predicted molar refractivity (Wildman–Crippen MR) is 101 cm³/mol. The first-order valence-electron chi connectivity index (χ1n) is 8.44. The first-order valence-corrected chi connectivity index (χ1v) is 8.44. The average molecular weight is 325 g/mol. The maximum atomic E-state index is 12.6. The largest absolute Gasteiger partial charge is 0.331 e. The van der Waals surface area contributed by atoms with E-state index >= 15 is 0 Å². The normalized spacial score (nSPS) is 15.8. The van der Waals surface area contributed by atoms with E-state index in [-0.39, 0.29) is 11.9 Å². The summed E-state index contributed by atoms with van der Waals surface area (Å²) in [6, 6.07) is 28.5. The maximum absolute atomic E-state index is 12.6. The number of hydrogen-bond donors (Lipinski definition) is 0. The van der Waals surface area contributed by atoms with Crippen molar-refractivity contribution in [2.45, 2.75) is 6.04 Å². The van der Waals surface area contributed by atoms with Crippen molar-refractivity contribution in [2.75, 3.05) is 7.05 Å². The fourth-order valence-corrected chi connectivity index (χ4v) is 3.43. The van der Waals surface area contributed by atoms with Crippen LogP contribution >= 0.6 is 0 Å². The Hall–Kier alpha value is -3.13. The number of likely N-dealkylation sites (N-methyl/N-ethyl adjacent to an activating group) is 1. The van der Waals surface area contributed by atoms with Crippen LogP contribution in [0.4, 0.5) is 0 Å². The molecule has 0 unspecified atom stereocenters. The molecule has 1 amide bonds. The van der Waals surface area contributed by atoms with Crippen molar-refractivity contribution < 1.29 is 4.79 Å². The minimum Gasteiger partial charge on any atom is -0.331 e. The van der Waals surface area contributed by atoms with Crippen LogP contribution in [0.3, 0.4) is 0 Å². The van der Waals surface area contributed by atoms with Crippen molar-refractivity contribution in [1.82, 2.24) is 4.90 Å². The first-order chi connectivity index (χ1) is 12.3. The van der Waals surface area contributed by atoms with Gasteiger partial charge in [0.2, 0.25) is 0 Å². The topological polar surface area (TPSA) is 20.3 Å². The molecular weight excluding hydrogens is 306 g/mol. The molecule has 2 heteroatoms. The summed E-state index contributed by atoms with van der Waals surface area (Å²) in [5, 5.41) is 0. The van der Waals surface area contributed by atoms with Crippen LogP contribution < -0.4 is 0 Å². The van der Waals surface area contributed by atoms with E-state index in [0.29, 0.717) is 0 Å². The van der Waals surface area contributed by atoms with Gasteiger partial charge in [0.1, 0.15) is 0 Å². The van der Waals surface area contributed by atoms with E-state index in [1.54, 1.807) is 0 Å². The highest BCUT2D eigenvalue weighted by Crippen LogP contribution is 2.36. The van der Waals surface area contributed by atoms with Gasteiger partial charge in [-0.25, -0.2) is 0 Å². The summed E-state index contributed by atoms with van der Waals surface area (Å²) >= 11 is 0. The number of hydrogen-bond acceptors (Lipinski definition) is 1. The van der Waals surface area contributed by atoms with Crippen molar-refractivity contribution in [3.05, 3.63) is 113 Å². The second kappa shape index (κ2) is 6.40. The van der Waals surface area contributed by atoms with Gasteiger partial charge in [0.15, 0.2) is 0 Å². The maximum Gasteiger partial charge on any atom is 0.254 e. The van der Waals surface area contributed by atoms with Crippen LogP contribution in [0.1, 0.15) is 33.1 Å². The Balaban J connectivity index is 1.87. The van der Waals surface area contributed by atoms with Crippen molar-refractivity contribution in [1.29, 1.82) is 0 Å². The van der Waals surface area contributed by atoms with E-state index in [4.69, 9.17) is 0 Å². The predicted octanol–water partition coefficient (Wildman–Crippen LogP) is 4.95. The SMILES string of the molecule is CN1C(=O)c2ccccc2[C@H]1C=C(c1ccccc1)c1ccccc1. The molecule has 0 radical (unpaired) electrons.